The number of nitrogens with one attached hydrogen (secondary N) is 1. The van der Waals surface area contributed by atoms with E-state index in [0.717, 1.165) is 42.5 Å². The number of carbonyl (C=O) groups excluding carboxylic acids is 1. The van der Waals surface area contributed by atoms with Crippen LogP contribution < -0.4 is 5.32 Å². The molecule has 7 heteroatoms. The average Bonchev–Trinajstić information content (AvgIpc) is 3.28. The van der Waals surface area contributed by atoms with Crippen LogP contribution in [0.5, 0.6) is 0 Å². The monoisotopic (exact) mass is 378 g/mol. The molecule has 146 valence electrons. The highest BCUT2D eigenvalue weighted by molar-refractivity contribution is 5.90. The van der Waals surface area contributed by atoms with Gasteiger partial charge in [-0.25, -0.2) is 4.98 Å². The lowest BCUT2D eigenvalue weighted by Crippen LogP contribution is -2.21. The summed E-state index contributed by atoms with van der Waals surface area (Å²) < 4.78 is 4.10. The second kappa shape index (κ2) is 7.58. The molecule has 0 bridgehead atoms. The lowest BCUT2D eigenvalue weighted by molar-refractivity contribution is -0.116. The van der Waals surface area contributed by atoms with Crippen LogP contribution in [0.15, 0.2) is 36.7 Å². The number of fused-ring (bicyclic) bond motifs is 1. The van der Waals surface area contributed by atoms with E-state index in [0.29, 0.717) is 5.92 Å². The van der Waals surface area contributed by atoms with Crippen LogP contribution in [-0.2, 0) is 24.3 Å². The number of amides is 1. The number of aryl methyl sites for hydroxylation is 2. The van der Waals surface area contributed by atoms with E-state index in [2.05, 4.69) is 51.0 Å². The molecule has 28 heavy (non-hydrogen) atoms. The summed E-state index contributed by atoms with van der Waals surface area (Å²) in [6.45, 7) is 7.31. The molecule has 0 fully saturated rings. The van der Waals surface area contributed by atoms with Crippen LogP contribution in [0.4, 0.5) is 5.69 Å². The Hall–Kier alpha value is -2.96. The third-order valence-corrected chi connectivity index (χ3v) is 5.35. The van der Waals surface area contributed by atoms with Gasteiger partial charge in [0.1, 0.15) is 24.0 Å². The minimum atomic E-state index is -0.0439. The van der Waals surface area contributed by atoms with Gasteiger partial charge in [0, 0.05) is 42.9 Å². The molecule has 1 aliphatic heterocycles. The predicted octanol–water partition coefficient (Wildman–Crippen LogP) is 3.28. The van der Waals surface area contributed by atoms with Crippen molar-refractivity contribution in [2.75, 3.05) is 5.32 Å². The highest BCUT2D eigenvalue weighted by Crippen LogP contribution is 2.30. The van der Waals surface area contributed by atoms with Crippen LogP contribution in [-0.4, -0.2) is 30.2 Å². The number of carbonyl (C=O) groups is 1. The molecule has 1 N–H and O–H groups in total. The van der Waals surface area contributed by atoms with Gasteiger partial charge in [0.25, 0.3) is 0 Å². The molecule has 2 aromatic heterocycles. The van der Waals surface area contributed by atoms with Crippen molar-refractivity contribution < 1.29 is 4.79 Å². The number of imidazole rings is 1. The maximum absolute atomic E-state index is 12.5. The van der Waals surface area contributed by atoms with Gasteiger partial charge in [-0.1, -0.05) is 26.0 Å². The standard InChI is InChI=1S/C21H26N6O/c1-14(2)21-22-9-10-26(21)13-20(28)23-18-6-4-5-16(11-18)17-7-8-19-25-24-15(3)27(19)12-17/h4-6,9-11,14,17H,7-8,12-13H2,1-3H3,(H,23,28)/t17-/m0/s1. The van der Waals surface area contributed by atoms with Gasteiger partial charge < -0.3 is 14.5 Å². The van der Waals surface area contributed by atoms with E-state index in [1.165, 1.54) is 5.56 Å². The number of hydrogen-bond donors (Lipinski definition) is 1. The van der Waals surface area contributed by atoms with Crippen molar-refractivity contribution >= 4 is 11.6 Å². The van der Waals surface area contributed by atoms with Crippen molar-refractivity contribution in [3.63, 3.8) is 0 Å². The van der Waals surface area contributed by atoms with E-state index >= 15 is 0 Å². The summed E-state index contributed by atoms with van der Waals surface area (Å²) in [6, 6.07) is 8.18. The molecule has 0 aliphatic carbocycles. The molecule has 3 aromatic rings. The Kier molecular flexibility index (Phi) is 4.98. The number of anilines is 1. The first-order valence-corrected chi connectivity index (χ1v) is 9.80. The Morgan fingerprint density at radius 2 is 2.18 bits per heavy atom. The van der Waals surface area contributed by atoms with Crippen molar-refractivity contribution in [2.45, 2.75) is 58.5 Å². The smallest absolute Gasteiger partial charge is 0.244 e. The van der Waals surface area contributed by atoms with Crippen molar-refractivity contribution in [3.8, 4) is 0 Å². The van der Waals surface area contributed by atoms with Crippen LogP contribution in [0, 0.1) is 6.92 Å². The summed E-state index contributed by atoms with van der Waals surface area (Å²) >= 11 is 0. The van der Waals surface area contributed by atoms with E-state index in [1.807, 2.05) is 29.8 Å². The third-order valence-electron chi connectivity index (χ3n) is 5.35. The summed E-state index contributed by atoms with van der Waals surface area (Å²) in [7, 11) is 0. The molecule has 0 radical (unpaired) electrons. The Morgan fingerprint density at radius 3 is 3.00 bits per heavy atom. The maximum Gasteiger partial charge on any atom is 0.244 e. The van der Waals surface area contributed by atoms with E-state index in [4.69, 9.17) is 0 Å². The fourth-order valence-corrected chi connectivity index (χ4v) is 3.92. The molecular weight excluding hydrogens is 352 g/mol. The Labute approximate surface area is 164 Å². The number of hydrogen-bond acceptors (Lipinski definition) is 4. The molecule has 1 amide bonds. The molecule has 7 nitrogen and oxygen atoms in total. The molecule has 0 saturated carbocycles. The van der Waals surface area contributed by atoms with E-state index in [1.54, 1.807) is 6.20 Å². The molecule has 1 atom stereocenters. The fourth-order valence-electron chi connectivity index (χ4n) is 3.92. The van der Waals surface area contributed by atoms with Crippen LogP contribution in [0.25, 0.3) is 0 Å². The molecular formula is C21H26N6O. The second-order valence-corrected chi connectivity index (χ2v) is 7.75. The summed E-state index contributed by atoms with van der Waals surface area (Å²) in [5.74, 6) is 3.59. The van der Waals surface area contributed by atoms with Gasteiger partial charge in [-0.2, -0.15) is 0 Å². The lowest BCUT2D eigenvalue weighted by atomic mass is 9.91. The van der Waals surface area contributed by atoms with Gasteiger partial charge in [-0.3, -0.25) is 4.79 Å². The zero-order valence-electron chi connectivity index (χ0n) is 16.6. The second-order valence-electron chi connectivity index (χ2n) is 7.75. The molecule has 0 unspecified atom stereocenters. The van der Waals surface area contributed by atoms with Crippen LogP contribution >= 0.6 is 0 Å². The number of aromatic nitrogens is 5. The van der Waals surface area contributed by atoms with Crippen molar-refractivity contribution in [1.29, 1.82) is 0 Å². The van der Waals surface area contributed by atoms with Gasteiger partial charge in [-0.15, -0.1) is 10.2 Å². The first kappa shape index (κ1) is 18.4. The number of nitrogens with zero attached hydrogens (tertiary/aromatic N) is 5. The zero-order valence-corrected chi connectivity index (χ0v) is 16.6. The van der Waals surface area contributed by atoms with Gasteiger partial charge >= 0.3 is 0 Å². The third kappa shape index (κ3) is 3.69. The number of benzene rings is 1. The fraction of sp³-hybridized carbons (Fsp3) is 0.429. The van der Waals surface area contributed by atoms with Gasteiger partial charge in [0.15, 0.2) is 0 Å². The highest BCUT2D eigenvalue weighted by atomic mass is 16.1. The zero-order chi connectivity index (χ0) is 19.7. The van der Waals surface area contributed by atoms with Crippen LogP contribution in [0.3, 0.4) is 0 Å². The number of rotatable bonds is 5. The van der Waals surface area contributed by atoms with Gasteiger partial charge in [0.2, 0.25) is 5.91 Å². The summed E-state index contributed by atoms with van der Waals surface area (Å²) in [5.41, 5.74) is 2.07. The molecule has 1 aromatic carbocycles. The Morgan fingerprint density at radius 1 is 1.32 bits per heavy atom. The van der Waals surface area contributed by atoms with Crippen LogP contribution in [0.2, 0.25) is 0 Å². The summed E-state index contributed by atoms with van der Waals surface area (Å²) in [5, 5.41) is 11.5. The average molecular weight is 378 g/mol. The summed E-state index contributed by atoms with van der Waals surface area (Å²) in [6.07, 6.45) is 5.57. The highest BCUT2D eigenvalue weighted by Gasteiger charge is 2.23. The molecule has 1 aliphatic rings. The van der Waals surface area contributed by atoms with Gasteiger partial charge in [-0.05, 0) is 31.0 Å². The SMILES string of the molecule is Cc1nnc2n1C[C@@H](c1cccc(NC(=O)Cn3ccnc3C(C)C)c1)CC2. The van der Waals surface area contributed by atoms with Crippen molar-refractivity contribution in [1.82, 2.24) is 24.3 Å². The Bertz CT molecular complexity index is 986. The van der Waals surface area contributed by atoms with Crippen molar-refractivity contribution in [3.05, 3.63) is 59.7 Å². The molecule has 4 rings (SSSR count). The quantitative estimate of drug-likeness (QED) is 0.739. The summed E-state index contributed by atoms with van der Waals surface area (Å²) in [4.78, 5) is 16.9. The maximum atomic E-state index is 12.5. The minimum Gasteiger partial charge on any atom is -0.325 e. The topological polar surface area (TPSA) is 77.6 Å². The molecule has 3 heterocycles. The van der Waals surface area contributed by atoms with Crippen molar-refractivity contribution in [2.24, 2.45) is 0 Å². The first-order chi connectivity index (χ1) is 13.5. The normalized spacial score (nSPS) is 16.2. The van der Waals surface area contributed by atoms with E-state index < -0.39 is 0 Å². The minimum absolute atomic E-state index is 0.0439. The first-order valence-electron chi connectivity index (χ1n) is 9.80. The van der Waals surface area contributed by atoms with E-state index in [-0.39, 0.29) is 18.4 Å². The van der Waals surface area contributed by atoms with Crippen LogP contribution in [0.1, 0.15) is 55.1 Å². The lowest BCUT2D eigenvalue weighted by Gasteiger charge is -2.24. The van der Waals surface area contributed by atoms with E-state index in [9.17, 15) is 4.79 Å². The largest absolute Gasteiger partial charge is 0.325 e. The Balaban J connectivity index is 1.45. The molecule has 0 spiro atoms. The predicted molar refractivity (Wildman–Crippen MR) is 107 cm³/mol. The molecule has 0 saturated heterocycles. The van der Waals surface area contributed by atoms with Gasteiger partial charge in [0.05, 0.1) is 0 Å².